The standard InChI is InChI=1S/C31H36BrFN6O2/c1-3-28(40)39-12-11-38(18-22(39)8-10-34)29-24-7-9-31(14-20-5-4-6-26(32)25(20)15-31)16-27(24)35-30(36-29)41-19-23-13-21(33)17-37(23)2/h3-6,21-23H,1,7-9,11-19H2,2H3/t21-,22+,23+,31?/m1/s1. The Morgan fingerprint density at radius 3 is 2.83 bits per heavy atom. The van der Waals surface area contributed by atoms with Gasteiger partial charge in [0.25, 0.3) is 0 Å². The monoisotopic (exact) mass is 622 g/mol. The van der Waals surface area contributed by atoms with Crippen LogP contribution in [-0.2, 0) is 30.5 Å². The Labute approximate surface area is 249 Å². The summed E-state index contributed by atoms with van der Waals surface area (Å²) < 4.78 is 21.4. The van der Waals surface area contributed by atoms with Crippen LogP contribution in [0, 0.1) is 16.7 Å². The third kappa shape index (κ3) is 5.46. The van der Waals surface area contributed by atoms with E-state index in [0.29, 0.717) is 45.2 Å². The van der Waals surface area contributed by atoms with Gasteiger partial charge in [0, 0.05) is 42.3 Å². The summed E-state index contributed by atoms with van der Waals surface area (Å²) in [4.78, 5) is 28.3. The maximum atomic E-state index is 14.0. The highest BCUT2D eigenvalue weighted by Gasteiger charge is 2.43. The molecule has 0 N–H and O–H groups in total. The number of amides is 1. The molecule has 1 aromatic heterocycles. The second kappa shape index (κ2) is 11.3. The van der Waals surface area contributed by atoms with Crippen molar-refractivity contribution in [3.8, 4) is 12.1 Å². The molecule has 2 saturated heterocycles. The van der Waals surface area contributed by atoms with E-state index in [2.05, 4.69) is 51.7 Å². The number of rotatable bonds is 6. The van der Waals surface area contributed by atoms with Crippen molar-refractivity contribution in [2.24, 2.45) is 5.41 Å². The third-order valence-corrected chi connectivity index (χ3v) is 10.2. The summed E-state index contributed by atoms with van der Waals surface area (Å²) in [7, 11) is 1.92. The van der Waals surface area contributed by atoms with Gasteiger partial charge in [-0.25, -0.2) is 4.39 Å². The molecule has 1 spiro atoms. The zero-order valence-electron chi connectivity index (χ0n) is 23.5. The molecule has 0 saturated carbocycles. The van der Waals surface area contributed by atoms with E-state index in [9.17, 15) is 14.4 Å². The number of carbonyl (C=O) groups excluding carboxylic acids is 1. The lowest BCUT2D eigenvalue weighted by Gasteiger charge is -2.42. The number of alkyl halides is 1. The summed E-state index contributed by atoms with van der Waals surface area (Å²) >= 11 is 3.76. The van der Waals surface area contributed by atoms with E-state index < -0.39 is 6.17 Å². The first-order valence-corrected chi connectivity index (χ1v) is 15.3. The average Bonchev–Trinajstić information content (AvgIpc) is 3.49. The highest BCUT2D eigenvalue weighted by molar-refractivity contribution is 9.10. The topological polar surface area (TPSA) is 85.6 Å². The molecule has 2 aliphatic heterocycles. The van der Waals surface area contributed by atoms with Crippen molar-refractivity contribution >= 4 is 27.7 Å². The SMILES string of the molecule is C=CC(=O)N1CCN(c2nc(OC[C@@H]3C[C@@H](F)CN3C)nc3c2CCC2(Cc4cccc(Br)c4C2)C3)C[C@@H]1CC#N. The van der Waals surface area contributed by atoms with E-state index in [4.69, 9.17) is 14.7 Å². The van der Waals surface area contributed by atoms with Gasteiger partial charge in [0.2, 0.25) is 5.91 Å². The Morgan fingerprint density at radius 1 is 1.24 bits per heavy atom. The van der Waals surface area contributed by atoms with Crippen LogP contribution in [0.5, 0.6) is 6.01 Å². The number of hydrogen-bond donors (Lipinski definition) is 0. The number of fused-ring (bicyclic) bond motifs is 2. The van der Waals surface area contributed by atoms with Crippen LogP contribution in [0.2, 0.25) is 0 Å². The fourth-order valence-corrected chi connectivity index (χ4v) is 7.83. The first-order valence-electron chi connectivity index (χ1n) is 14.5. The molecule has 1 unspecified atom stereocenters. The van der Waals surface area contributed by atoms with Gasteiger partial charge < -0.3 is 14.5 Å². The molecular formula is C31H36BrFN6O2. The van der Waals surface area contributed by atoms with Gasteiger partial charge in [-0.2, -0.15) is 15.2 Å². The lowest BCUT2D eigenvalue weighted by molar-refractivity contribution is -0.128. The van der Waals surface area contributed by atoms with Gasteiger partial charge >= 0.3 is 6.01 Å². The number of likely N-dealkylation sites (N-methyl/N-ethyl adjacent to an activating group) is 1. The minimum atomic E-state index is -0.844. The number of nitrogens with zero attached hydrogens (tertiary/aromatic N) is 6. The molecule has 6 rings (SSSR count). The Bertz CT molecular complexity index is 1400. The zero-order valence-corrected chi connectivity index (χ0v) is 25.1. The van der Waals surface area contributed by atoms with Crippen LogP contribution < -0.4 is 9.64 Å². The van der Waals surface area contributed by atoms with E-state index in [1.165, 1.54) is 21.7 Å². The third-order valence-electron chi connectivity index (χ3n) is 9.44. The minimum Gasteiger partial charge on any atom is -0.462 e. The summed E-state index contributed by atoms with van der Waals surface area (Å²) in [6, 6.07) is 8.77. The van der Waals surface area contributed by atoms with Crippen molar-refractivity contribution in [2.75, 3.05) is 44.7 Å². The van der Waals surface area contributed by atoms with Gasteiger partial charge in [0.1, 0.15) is 18.6 Å². The summed E-state index contributed by atoms with van der Waals surface area (Å²) in [6.07, 6.45) is 5.92. The van der Waals surface area contributed by atoms with Crippen molar-refractivity contribution in [1.82, 2.24) is 19.8 Å². The molecule has 1 amide bonds. The van der Waals surface area contributed by atoms with Crippen LogP contribution in [-0.4, -0.2) is 83.8 Å². The first kappa shape index (κ1) is 28.1. The number of aromatic nitrogens is 2. The number of halogens is 2. The average molecular weight is 624 g/mol. The van der Waals surface area contributed by atoms with Crippen LogP contribution in [0.25, 0.3) is 0 Å². The van der Waals surface area contributed by atoms with Gasteiger partial charge in [-0.1, -0.05) is 34.6 Å². The molecule has 2 aliphatic carbocycles. The molecule has 216 valence electrons. The number of benzene rings is 1. The number of carbonyl (C=O) groups is 1. The van der Waals surface area contributed by atoms with Crippen molar-refractivity contribution in [2.45, 2.75) is 63.2 Å². The fraction of sp³-hybridized carbons (Fsp3) is 0.548. The van der Waals surface area contributed by atoms with Crippen LogP contribution in [0.1, 0.15) is 41.6 Å². The molecule has 2 fully saturated rings. The lowest BCUT2D eigenvalue weighted by Crippen LogP contribution is -2.55. The normalized spacial score (nSPS) is 27.4. The summed E-state index contributed by atoms with van der Waals surface area (Å²) in [5.41, 5.74) is 5.06. The fourth-order valence-electron chi connectivity index (χ4n) is 7.28. The maximum Gasteiger partial charge on any atom is 0.318 e. The number of ether oxygens (including phenoxy) is 1. The molecule has 2 aromatic rings. The highest BCUT2D eigenvalue weighted by Crippen LogP contribution is 2.49. The van der Waals surface area contributed by atoms with Crippen molar-refractivity contribution in [1.29, 1.82) is 5.26 Å². The maximum absolute atomic E-state index is 14.0. The quantitative estimate of drug-likeness (QED) is 0.449. The molecule has 41 heavy (non-hydrogen) atoms. The molecule has 8 nitrogen and oxygen atoms in total. The first-order chi connectivity index (χ1) is 19.8. The summed E-state index contributed by atoms with van der Waals surface area (Å²) in [6.45, 7) is 5.98. The Kier molecular flexibility index (Phi) is 7.77. The summed E-state index contributed by atoms with van der Waals surface area (Å²) in [5.74, 6) is 0.688. The number of piperazine rings is 1. The van der Waals surface area contributed by atoms with Gasteiger partial charge in [-0.05, 0) is 74.3 Å². The Balaban J connectivity index is 1.31. The van der Waals surface area contributed by atoms with Crippen LogP contribution in [0.15, 0.2) is 35.3 Å². The van der Waals surface area contributed by atoms with E-state index in [1.807, 2.05) is 11.9 Å². The molecule has 0 radical (unpaired) electrons. The second-order valence-electron chi connectivity index (χ2n) is 12.1. The second-order valence-corrected chi connectivity index (χ2v) is 13.0. The van der Waals surface area contributed by atoms with Gasteiger partial charge in [0.05, 0.1) is 24.2 Å². The molecule has 3 heterocycles. The minimum absolute atomic E-state index is 0.0189. The number of hydrogen-bond acceptors (Lipinski definition) is 7. The van der Waals surface area contributed by atoms with Crippen LogP contribution in [0.4, 0.5) is 10.2 Å². The van der Waals surface area contributed by atoms with E-state index in [-0.39, 0.29) is 29.8 Å². The predicted molar refractivity (Wildman–Crippen MR) is 158 cm³/mol. The van der Waals surface area contributed by atoms with Gasteiger partial charge in [-0.15, -0.1) is 0 Å². The highest BCUT2D eigenvalue weighted by atomic mass is 79.9. The Morgan fingerprint density at radius 2 is 2.10 bits per heavy atom. The largest absolute Gasteiger partial charge is 0.462 e. The van der Waals surface area contributed by atoms with Crippen molar-refractivity contribution in [3.05, 3.63) is 57.7 Å². The smallest absolute Gasteiger partial charge is 0.318 e. The molecule has 4 aliphatic rings. The Hall–Kier alpha value is -3.03. The van der Waals surface area contributed by atoms with Gasteiger partial charge in [0.15, 0.2) is 0 Å². The van der Waals surface area contributed by atoms with Crippen LogP contribution in [0.3, 0.4) is 0 Å². The van der Waals surface area contributed by atoms with Crippen molar-refractivity contribution < 1.29 is 13.9 Å². The van der Waals surface area contributed by atoms with Crippen LogP contribution >= 0.6 is 15.9 Å². The molecular weight excluding hydrogens is 587 g/mol. The summed E-state index contributed by atoms with van der Waals surface area (Å²) in [5, 5.41) is 9.50. The van der Waals surface area contributed by atoms with E-state index >= 15 is 0 Å². The van der Waals surface area contributed by atoms with E-state index in [1.54, 1.807) is 4.90 Å². The number of likely N-dealkylation sites (tertiary alicyclic amines) is 1. The lowest BCUT2D eigenvalue weighted by atomic mass is 9.71. The zero-order chi connectivity index (χ0) is 28.7. The predicted octanol–water partition coefficient (Wildman–Crippen LogP) is 4.05. The molecule has 10 heteroatoms. The number of anilines is 1. The number of nitriles is 1. The van der Waals surface area contributed by atoms with Gasteiger partial charge in [-0.3, -0.25) is 9.69 Å². The molecule has 4 atom stereocenters. The molecule has 1 aromatic carbocycles. The van der Waals surface area contributed by atoms with Crippen molar-refractivity contribution in [3.63, 3.8) is 0 Å². The molecule has 0 bridgehead atoms. The van der Waals surface area contributed by atoms with E-state index in [0.717, 1.165) is 49.2 Å².